The number of aromatic hydroxyl groups is 2. The Kier molecular flexibility index (Phi) is 8.06. The van der Waals surface area contributed by atoms with Crippen LogP contribution in [-0.2, 0) is 25.6 Å². The number of nitrogens with zero attached hydrogens (tertiary/aromatic N) is 1. The number of phenols is 2. The third kappa shape index (κ3) is 5.15. The number of terminal acetylenes is 1. The highest BCUT2D eigenvalue weighted by atomic mass is 16.6. The number of nitrogens with one attached hydrogen (secondary N) is 1. The number of allylic oxidation sites excluding steroid dienone is 2. The second-order valence-electron chi connectivity index (χ2n) is 13.0. The summed E-state index contributed by atoms with van der Waals surface area (Å²) in [5.74, 6) is 2.55. The molecular formula is C33H42N2O7. The molecule has 0 aliphatic heterocycles. The summed E-state index contributed by atoms with van der Waals surface area (Å²) in [5.41, 5.74) is 1.60. The molecule has 4 N–H and O–H groups in total. The van der Waals surface area contributed by atoms with E-state index in [-0.39, 0.29) is 35.4 Å². The molecule has 0 heterocycles. The Balaban J connectivity index is 1.20. The van der Waals surface area contributed by atoms with Crippen molar-refractivity contribution in [2.45, 2.75) is 83.3 Å². The lowest BCUT2D eigenvalue weighted by atomic mass is 9.46. The third-order valence-corrected chi connectivity index (χ3v) is 11.0. The van der Waals surface area contributed by atoms with E-state index in [0.29, 0.717) is 29.7 Å². The molecule has 9 nitrogen and oxygen atoms in total. The van der Waals surface area contributed by atoms with Gasteiger partial charge in [0, 0.05) is 11.8 Å². The highest BCUT2D eigenvalue weighted by Gasteiger charge is 2.63. The van der Waals surface area contributed by atoms with Crippen molar-refractivity contribution in [3.05, 3.63) is 35.4 Å². The predicted octanol–water partition coefficient (Wildman–Crippen LogP) is 4.00. The molecule has 0 aromatic heterocycles. The number of carbonyl (C=O) groups excluding carboxylic acids is 2. The number of esters is 1. The van der Waals surface area contributed by atoms with Crippen LogP contribution in [0.15, 0.2) is 35.0 Å². The minimum Gasteiger partial charge on any atom is -0.504 e. The summed E-state index contributed by atoms with van der Waals surface area (Å²) in [5, 5.41) is 37.4. The molecule has 0 unspecified atom stereocenters. The van der Waals surface area contributed by atoms with Gasteiger partial charge in [0.25, 0.3) is 5.91 Å². The molecular weight excluding hydrogens is 536 g/mol. The first-order chi connectivity index (χ1) is 19.9. The van der Waals surface area contributed by atoms with E-state index in [1.807, 2.05) is 0 Å². The van der Waals surface area contributed by atoms with Gasteiger partial charge in [-0.25, -0.2) is 4.79 Å². The molecule has 4 aliphatic rings. The highest BCUT2D eigenvalue weighted by molar-refractivity contribution is 5.96. The summed E-state index contributed by atoms with van der Waals surface area (Å²) in [6, 6.07) is 3.20. The Morgan fingerprint density at radius 3 is 2.60 bits per heavy atom. The van der Waals surface area contributed by atoms with Crippen molar-refractivity contribution < 1.29 is 34.5 Å². The molecule has 0 saturated heterocycles. The lowest BCUT2D eigenvalue weighted by Gasteiger charge is -2.58. The first-order valence-corrected chi connectivity index (χ1v) is 14.9. The van der Waals surface area contributed by atoms with E-state index in [9.17, 15) is 24.9 Å². The predicted molar refractivity (Wildman–Crippen MR) is 156 cm³/mol. The van der Waals surface area contributed by atoms with Gasteiger partial charge in [-0.2, -0.15) is 0 Å². The molecule has 1 aromatic rings. The van der Waals surface area contributed by atoms with Crippen LogP contribution in [0.1, 0.15) is 70.8 Å². The molecule has 3 saturated carbocycles. The number of fused-ring (bicyclic) bond motifs is 5. The maximum Gasteiger partial charge on any atom is 0.328 e. The van der Waals surface area contributed by atoms with Crippen LogP contribution in [0.5, 0.6) is 11.5 Å². The fourth-order valence-electron chi connectivity index (χ4n) is 8.57. The molecule has 4 aliphatic carbocycles. The van der Waals surface area contributed by atoms with Crippen LogP contribution in [0.4, 0.5) is 0 Å². The highest BCUT2D eigenvalue weighted by Crippen LogP contribution is 2.67. The fourth-order valence-corrected chi connectivity index (χ4v) is 8.57. The zero-order valence-corrected chi connectivity index (χ0v) is 24.7. The van der Waals surface area contributed by atoms with E-state index >= 15 is 0 Å². The molecule has 0 spiro atoms. The van der Waals surface area contributed by atoms with E-state index in [1.165, 1.54) is 24.8 Å². The number of benzene rings is 1. The second kappa shape index (κ2) is 11.3. The lowest BCUT2D eigenvalue weighted by molar-refractivity contribution is -0.145. The van der Waals surface area contributed by atoms with E-state index in [0.717, 1.165) is 50.7 Å². The molecule has 9 heteroatoms. The Morgan fingerprint density at radius 2 is 1.88 bits per heavy atom. The van der Waals surface area contributed by atoms with Crippen LogP contribution in [0.2, 0.25) is 0 Å². The van der Waals surface area contributed by atoms with Crippen molar-refractivity contribution in [2.24, 2.45) is 33.7 Å². The van der Waals surface area contributed by atoms with Crippen molar-refractivity contribution in [2.75, 3.05) is 13.7 Å². The number of ether oxygens (including phenoxy) is 1. The second-order valence-corrected chi connectivity index (χ2v) is 13.0. The first kappa shape index (κ1) is 30.0. The van der Waals surface area contributed by atoms with Gasteiger partial charge >= 0.3 is 5.97 Å². The van der Waals surface area contributed by atoms with Gasteiger partial charge in [0.15, 0.2) is 18.1 Å². The normalized spacial score (nSPS) is 35.1. The number of amides is 1. The summed E-state index contributed by atoms with van der Waals surface area (Å²) in [6.07, 6.45) is 15.5. The topological polar surface area (TPSA) is 138 Å². The molecule has 1 amide bonds. The standard InChI is InChI=1S/C33H42N2O7/c1-5-33(40)15-12-25-23-8-7-21-18-22(10-13-31(21,2)24(23)11-14-32(25,33)3)35-42-19-29(38)34-26(30(39)41-4)16-20-6-9-27(36)28(37)17-20/h1,6,9,17-18,23-26,36-37,40H,7-8,10-16,19H2,2-4H3,(H,34,38)/b35-22+/t23-,24-,25-,26-,31+,32+,33-/m1/s1. The Morgan fingerprint density at radius 1 is 1.12 bits per heavy atom. The number of carbonyl (C=O) groups is 2. The number of oxime groups is 1. The van der Waals surface area contributed by atoms with Gasteiger partial charge in [0.2, 0.25) is 0 Å². The van der Waals surface area contributed by atoms with E-state index < -0.39 is 23.5 Å². The average molecular weight is 579 g/mol. The Labute approximate surface area is 247 Å². The maximum absolute atomic E-state index is 12.6. The lowest BCUT2D eigenvalue weighted by Crippen LogP contribution is -2.54. The maximum atomic E-state index is 12.6. The molecule has 1 aromatic carbocycles. The number of hydrogen-bond donors (Lipinski definition) is 4. The number of methoxy groups -OCH3 is 1. The van der Waals surface area contributed by atoms with Crippen molar-refractivity contribution in [1.82, 2.24) is 5.32 Å². The van der Waals surface area contributed by atoms with Crippen LogP contribution < -0.4 is 5.32 Å². The quantitative estimate of drug-likeness (QED) is 0.166. The largest absolute Gasteiger partial charge is 0.504 e. The Hall–Kier alpha value is -3.51. The van der Waals surface area contributed by atoms with Crippen molar-refractivity contribution >= 4 is 17.6 Å². The molecule has 0 bridgehead atoms. The van der Waals surface area contributed by atoms with Crippen molar-refractivity contribution in [3.8, 4) is 23.8 Å². The van der Waals surface area contributed by atoms with Gasteiger partial charge in [-0.1, -0.05) is 36.6 Å². The SMILES string of the molecule is C#C[C@@]1(O)CC[C@@H]2[C@@H]3CCC4=C/C(=N/OCC(=O)N[C@H](Cc5ccc(O)c(O)c5)C(=O)OC)CC[C@]4(C)[C@@H]3CC[C@@]21C. The summed E-state index contributed by atoms with van der Waals surface area (Å²) < 4.78 is 4.82. The van der Waals surface area contributed by atoms with Gasteiger partial charge in [0.1, 0.15) is 11.6 Å². The van der Waals surface area contributed by atoms with E-state index in [2.05, 4.69) is 36.3 Å². The van der Waals surface area contributed by atoms with E-state index in [1.54, 1.807) is 6.07 Å². The van der Waals surface area contributed by atoms with Gasteiger partial charge < -0.3 is 30.2 Å². The molecule has 3 fully saturated rings. The third-order valence-electron chi connectivity index (χ3n) is 11.0. The zero-order chi connectivity index (χ0) is 30.3. The van der Waals surface area contributed by atoms with Crippen LogP contribution in [-0.4, -0.2) is 58.3 Å². The van der Waals surface area contributed by atoms with Crippen LogP contribution >= 0.6 is 0 Å². The van der Waals surface area contributed by atoms with Gasteiger partial charge in [-0.05, 0) is 98.3 Å². The molecule has 7 atom stereocenters. The van der Waals surface area contributed by atoms with Gasteiger partial charge in [-0.3, -0.25) is 4.79 Å². The number of hydrogen-bond acceptors (Lipinski definition) is 8. The minimum absolute atomic E-state index is 0.0651. The minimum atomic E-state index is -0.999. The van der Waals surface area contributed by atoms with Gasteiger partial charge in [0.05, 0.1) is 12.8 Å². The Bertz CT molecular complexity index is 1350. The first-order valence-electron chi connectivity index (χ1n) is 14.9. The fraction of sp³-hybridized carbons (Fsp3) is 0.606. The molecule has 42 heavy (non-hydrogen) atoms. The monoisotopic (exact) mass is 578 g/mol. The van der Waals surface area contributed by atoms with Crippen LogP contribution in [0, 0.1) is 40.9 Å². The summed E-state index contributed by atoms with van der Waals surface area (Å²) >= 11 is 0. The van der Waals surface area contributed by atoms with Gasteiger partial charge in [-0.15, -0.1) is 6.42 Å². The summed E-state index contributed by atoms with van der Waals surface area (Å²) in [7, 11) is 1.23. The van der Waals surface area contributed by atoms with Crippen molar-refractivity contribution in [3.63, 3.8) is 0 Å². The van der Waals surface area contributed by atoms with Crippen molar-refractivity contribution in [1.29, 1.82) is 0 Å². The summed E-state index contributed by atoms with van der Waals surface area (Å²) in [4.78, 5) is 30.3. The smallest absolute Gasteiger partial charge is 0.328 e. The number of rotatable bonds is 7. The number of aliphatic hydroxyl groups is 1. The van der Waals surface area contributed by atoms with Crippen LogP contribution in [0.25, 0.3) is 0 Å². The molecule has 226 valence electrons. The zero-order valence-electron chi connectivity index (χ0n) is 24.7. The summed E-state index contributed by atoms with van der Waals surface area (Å²) in [6.45, 7) is 4.23. The number of phenolic OH excluding ortho intramolecular Hbond substituents is 2. The van der Waals surface area contributed by atoms with Crippen LogP contribution in [0.3, 0.4) is 0 Å². The molecule has 5 rings (SSSR count). The van der Waals surface area contributed by atoms with E-state index in [4.69, 9.17) is 16.0 Å². The average Bonchev–Trinajstić information content (AvgIpc) is 3.25. The molecule has 0 radical (unpaired) electrons.